The van der Waals surface area contributed by atoms with Crippen molar-refractivity contribution in [2.45, 2.75) is 32.0 Å². The largest absolute Gasteiger partial charge is 0.420 e. The third kappa shape index (κ3) is 2.50. The van der Waals surface area contributed by atoms with Gasteiger partial charge in [0.25, 0.3) is 0 Å². The van der Waals surface area contributed by atoms with E-state index in [1.54, 1.807) is 0 Å². The highest BCUT2D eigenvalue weighted by Crippen LogP contribution is 2.37. The van der Waals surface area contributed by atoms with Crippen molar-refractivity contribution in [1.82, 2.24) is 0 Å². The first kappa shape index (κ1) is 7.29. The molecule has 0 aromatic heterocycles. The Morgan fingerprint density at radius 3 is 2.33 bits per heavy atom. The third-order valence-electron chi connectivity index (χ3n) is 2.03. The van der Waals surface area contributed by atoms with E-state index in [0.717, 1.165) is 5.92 Å². The van der Waals surface area contributed by atoms with Crippen LogP contribution in [-0.2, 0) is 4.43 Å². The molecule has 1 fully saturated rings. The Labute approximate surface area is 58.5 Å². The molecule has 1 rings (SSSR count). The van der Waals surface area contributed by atoms with Crippen molar-refractivity contribution in [3.63, 3.8) is 0 Å². The second-order valence-corrected chi connectivity index (χ2v) is 7.95. The maximum absolute atomic E-state index is 5.43. The summed E-state index contributed by atoms with van der Waals surface area (Å²) in [5.74, 6) is 1.03. The van der Waals surface area contributed by atoms with Crippen LogP contribution in [0.15, 0.2) is 0 Å². The van der Waals surface area contributed by atoms with Gasteiger partial charge in [-0.2, -0.15) is 0 Å². The predicted octanol–water partition coefficient (Wildman–Crippen LogP) is 2.25. The molecule has 0 aliphatic heterocycles. The zero-order valence-corrected chi connectivity index (χ0v) is 7.61. The van der Waals surface area contributed by atoms with Crippen molar-refractivity contribution in [3.8, 4) is 0 Å². The smallest absolute Gasteiger partial charge is 0.186 e. The summed E-state index contributed by atoms with van der Waals surface area (Å²) >= 11 is 0. The molecule has 0 spiro atoms. The lowest BCUT2D eigenvalue weighted by molar-refractivity contribution is 0.401. The van der Waals surface area contributed by atoms with E-state index in [2.05, 4.69) is 13.1 Å². The highest BCUT2D eigenvalue weighted by molar-refractivity contribution is 6.71. The van der Waals surface area contributed by atoms with Crippen LogP contribution in [0.25, 0.3) is 0 Å². The maximum atomic E-state index is 5.43. The molecule has 0 radical (unpaired) electrons. The summed E-state index contributed by atoms with van der Waals surface area (Å²) < 4.78 is 5.43. The van der Waals surface area contributed by atoms with Gasteiger partial charge >= 0.3 is 0 Å². The van der Waals surface area contributed by atoms with E-state index < -0.39 is 8.32 Å². The molecule has 1 nitrogen and oxygen atoms in total. The summed E-state index contributed by atoms with van der Waals surface area (Å²) in [7, 11) is 0.678. The van der Waals surface area contributed by atoms with Gasteiger partial charge in [-0.3, -0.25) is 0 Å². The van der Waals surface area contributed by atoms with Gasteiger partial charge < -0.3 is 4.43 Å². The van der Waals surface area contributed by atoms with Crippen LogP contribution in [0.1, 0.15) is 12.8 Å². The van der Waals surface area contributed by atoms with Crippen molar-refractivity contribution in [2.75, 3.05) is 7.11 Å². The molecule has 0 saturated heterocycles. The van der Waals surface area contributed by atoms with Gasteiger partial charge in [0, 0.05) is 7.11 Å². The fraction of sp³-hybridized carbons (Fsp3) is 1.00. The summed E-state index contributed by atoms with van der Waals surface area (Å²) in [4.78, 5) is 0. The lowest BCUT2D eigenvalue weighted by Gasteiger charge is -2.18. The van der Waals surface area contributed by atoms with Gasteiger partial charge in [-0.15, -0.1) is 0 Å². The normalized spacial score (nSPS) is 20.3. The van der Waals surface area contributed by atoms with Gasteiger partial charge in [0.2, 0.25) is 0 Å². The van der Waals surface area contributed by atoms with Crippen molar-refractivity contribution in [3.05, 3.63) is 0 Å². The molecule has 0 N–H and O–H groups in total. The Balaban J connectivity index is 2.21. The molecule has 0 amide bonds. The molecule has 1 aliphatic carbocycles. The first-order valence-corrected chi connectivity index (χ1v) is 6.81. The first-order chi connectivity index (χ1) is 4.14. The minimum absolute atomic E-state index is 1.03. The monoisotopic (exact) mass is 144 g/mol. The van der Waals surface area contributed by atoms with Crippen LogP contribution < -0.4 is 0 Å². The van der Waals surface area contributed by atoms with Crippen LogP contribution in [-0.4, -0.2) is 15.4 Å². The number of rotatable bonds is 3. The highest BCUT2D eigenvalue weighted by Gasteiger charge is 2.31. The summed E-state index contributed by atoms with van der Waals surface area (Å²) in [5, 5.41) is 0. The zero-order chi connectivity index (χ0) is 6.91. The van der Waals surface area contributed by atoms with E-state index in [4.69, 9.17) is 4.43 Å². The topological polar surface area (TPSA) is 9.23 Å². The van der Waals surface area contributed by atoms with Crippen LogP contribution in [0.4, 0.5) is 0 Å². The van der Waals surface area contributed by atoms with Crippen LogP contribution in [0, 0.1) is 5.92 Å². The second-order valence-electron chi connectivity index (χ2n) is 3.61. The molecule has 9 heavy (non-hydrogen) atoms. The third-order valence-corrected chi connectivity index (χ3v) is 4.70. The number of hydrogen-bond donors (Lipinski definition) is 0. The quantitative estimate of drug-likeness (QED) is 0.552. The highest BCUT2D eigenvalue weighted by atomic mass is 28.4. The van der Waals surface area contributed by atoms with Gasteiger partial charge in [-0.1, -0.05) is 12.8 Å². The molecule has 1 aliphatic rings. The van der Waals surface area contributed by atoms with Gasteiger partial charge in [-0.25, -0.2) is 0 Å². The summed E-state index contributed by atoms with van der Waals surface area (Å²) in [6.07, 6.45) is 2.92. The Morgan fingerprint density at radius 2 is 2.00 bits per heavy atom. The minimum atomic E-state index is -1.18. The van der Waals surface area contributed by atoms with Gasteiger partial charge in [0.05, 0.1) is 0 Å². The van der Waals surface area contributed by atoms with Crippen LogP contribution in [0.5, 0.6) is 0 Å². The van der Waals surface area contributed by atoms with Crippen LogP contribution in [0.3, 0.4) is 0 Å². The van der Waals surface area contributed by atoms with E-state index in [-0.39, 0.29) is 0 Å². The van der Waals surface area contributed by atoms with Gasteiger partial charge in [0.15, 0.2) is 8.32 Å². The molecule has 2 heteroatoms. The lowest BCUT2D eigenvalue weighted by Crippen LogP contribution is -2.28. The number of hydrogen-bond acceptors (Lipinski definition) is 1. The predicted molar refractivity (Wildman–Crippen MR) is 42.0 cm³/mol. The Morgan fingerprint density at radius 1 is 1.44 bits per heavy atom. The zero-order valence-electron chi connectivity index (χ0n) is 6.61. The summed E-state index contributed by atoms with van der Waals surface area (Å²) in [6.45, 7) is 4.59. The van der Waals surface area contributed by atoms with Gasteiger partial charge in [-0.05, 0) is 25.1 Å². The van der Waals surface area contributed by atoms with Crippen molar-refractivity contribution in [2.24, 2.45) is 5.92 Å². The van der Waals surface area contributed by atoms with Crippen molar-refractivity contribution in [1.29, 1.82) is 0 Å². The van der Waals surface area contributed by atoms with Crippen molar-refractivity contribution >= 4 is 8.32 Å². The first-order valence-electron chi connectivity index (χ1n) is 3.69. The molecule has 0 aromatic rings. The fourth-order valence-electron chi connectivity index (χ4n) is 1.10. The SMILES string of the molecule is CO[Si](C)(C)CC1CC1. The van der Waals surface area contributed by atoms with Gasteiger partial charge in [0.1, 0.15) is 0 Å². The average Bonchev–Trinajstić information content (AvgIpc) is 2.50. The lowest BCUT2D eigenvalue weighted by atomic mass is 10.5. The molecule has 0 bridgehead atoms. The van der Waals surface area contributed by atoms with E-state index in [1.807, 2.05) is 7.11 Å². The molecular weight excluding hydrogens is 128 g/mol. The molecule has 0 atom stereocenters. The van der Waals surface area contributed by atoms with Crippen LogP contribution >= 0.6 is 0 Å². The molecule has 1 saturated carbocycles. The molecule has 0 unspecified atom stereocenters. The van der Waals surface area contributed by atoms with Crippen LogP contribution in [0.2, 0.25) is 19.1 Å². The Kier molecular flexibility index (Phi) is 1.96. The average molecular weight is 144 g/mol. The molecule has 54 valence electrons. The standard InChI is InChI=1S/C7H16OSi/c1-8-9(2,3)6-7-4-5-7/h7H,4-6H2,1-3H3. The van der Waals surface area contributed by atoms with E-state index in [9.17, 15) is 0 Å². The second kappa shape index (κ2) is 2.43. The Bertz CT molecular complexity index is 97.1. The minimum Gasteiger partial charge on any atom is -0.420 e. The van der Waals surface area contributed by atoms with E-state index >= 15 is 0 Å². The Hall–Kier alpha value is 0.177. The molecule has 0 aromatic carbocycles. The molecular formula is C7H16OSi. The molecule has 0 heterocycles. The summed E-state index contributed by atoms with van der Waals surface area (Å²) in [5.41, 5.74) is 0. The maximum Gasteiger partial charge on any atom is 0.186 e. The fourth-order valence-corrected chi connectivity index (χ4v) is 3.07. The summed E-state index contributed by atoms with van der Waals surface area (Å²) in [6, 6.07) is 1.38. The van der Waals surface area contributed by atoms with Crippen molar-refractivity contribution < 1.29 is 4.43 Å². The van der Waals surface area contributed by atoms with E-state index in [1.165, 1.54) is 18.9 Å². The van der Waals surface area contributed by atoms with E-state index in [0.29, 0.717) is 0 Å².